The topological polar surface area (TPSA) is 47.6 Å². The third kappa shape index (κ3) is 4.31. The second-order valence-corrected chi connectivity index (χ2v) is 4.12. The summed E-state index contributed by atoms with van der Waals surface area (Å²) < 4.78 is 5.33. The first-order chi connectivity index (χ1) is 8.84. The Kier molecular flexibility index (Phi) is 4.93. The van der Waals surface area contributed by atoms with E-state index in [1.807, 2.05) is 30.3 Å². The lowest BCUT2D eigenvalue weighted by atomic mass is 10.2. The molecule has 1 aliphatic heterocycles. The number of carbonyl (C=O) groups is 1. The second kappa shape index (κ2) is 6.93. The molecule has 1 saturated heterocycles. The molecule has 1 aromatic rings. The summed E-state index contributed by atoms with van der Waals surface area (Å²) in [6.45, 7) is 0.695. The first kappa shape index (κ1) is 12.8. The molecular weight excluding hydrogens is 230 g/mol. The van der Waals surface area contributed by atoms with E-state index in [0.717, 1.165) is 24.8 Å². The molecule has 1 fully saturated rings. The van der Waals surface area contributed by atoms with Gasteiger partial charge in [-0.1, -0.05) is 30.3 Å². The lowest BCUT2D eigenvalue weighted by molar-refractivity contribution is -0.198. The first-order valence-corrected chi connectivity index (χ1v) is 6.15. The molecule has 96 valence electrons. The summed E-state index contributed by atoms with van der Waals surface area (Å²) in [6.07, 6.45) is 5.82. The molecule has 0 unspecified atom stereocenters. The van der Waals surface area contributed by atoms with Crippen molar-refractivity contribution < 1.29 is 14.4 Å². The number of rotatable bonds is 4. The Labute approximate surface area is 107 Å². The van der Waals surface area contributed by atoms with E-state index in [1.54, 1.807) is 6.08 Å². The van der Waals surface area contributed by atoms with Crippen molar-refractivity contribution in [1.82, 2.24) is 5.48 Å². The maximum atomic E-state index is 11.5. The van der Waals surface area contributed by atoms with Crippen molar-refractivity contribution in [1.29, 1.82) is 0 Å². The lowest BCUT2D eigenvalue weighted by Gasteiger charge is -2.21. The summed E-state index contributed by atoms with van der Waals surface area (Å²) >= 11 is 0. The molecule has 1 aromatic carbocycles. The minimum atomic E-state index is -0.312. The van der Waals surface area contributed by atoms with Crippen LogP contribution in [-0.4, -0.2) is 18.8 Å². The van der Waals surface area contributed by atoms with E-state index in [-0.39, 0.29) is 12.2 Å². The molecule has 4 nitrogen and oxygen atoms in total. The van der Waals surface area contributed by atoms with Gasteiger partial charge in [-0.25, -0.2) is 10.3 Å². The number of benzene rings is 1. The molecule has 0 saturated carbocycles. The molecule has 0 bridgehead atoms. The molecule has 0 aromatic heterocycles. The normalized spacial score (nSPS) is 19.9. The zero-order valence-corrected chi connectivity index (χ0v) is 10.2. The molecular formula is C14H17NO3. The largest absolute Gasteiger partial charge is 0.350 e. The van der Waals surface area contributed by atoms with Crippen LogP contribution in [0.2, 0.25) is 0 Å². The van der Waals surface area contributed by atoms with Gasteiger partial charge in [0.05, 0.1) is 0 Å². The highest BCUT2D eigenvalue weighted by atomic mass is 16.8. The van der Waals surface area contributed by atoms with Crippen molar-refractivity contribution >= 4 is 12.0 Å². The number of ether oxygens (including phenoxy) is 1. The van der Waals surface area contributed by atoms with E-state index in [0.29, 0.717) is 6.61 Å². The van der Waals surface area contributed by atoms with E-state index >= 15 is 0 Å². The van der Waals surface area contributed by atoms with Gasteiger partial charge in [-0.15, -0.1) is 0 Å². The fraction of sp³-hybridized carbons (Fsp3) is 0.357. The van der Waals surface area contributed by atoms with Crippen molar-refractivity contribution in [2.24, 2.45) is 0 Å². The van der Waals surface area contributed by atoms with Crippen LogP contribution in [0.25, 0.3) is 6.08 Å². The predicted octanol–water partition coefficient (Wildman–Crippen LogP) is 2.27. The van der Waals surface area contributed by atoms with Crippen LogP contribution in [0.15, 0.2) is 36.4 Å². The minimum Gasteiger partial charge on any atom is -0.350 e. The van der Waals surface area contributed by atoms with Crippen LogP contribution in [0, 0.1) is 0 Å². The van der Waals surface area contributed by atoms with Crippen LogP contribution in [-0.2, 0) is 14.4 Å². The van der Waals surface area contributed by atoms with Crippen molar-refractivity contribution in [3.05, 3.63) is 42.0 Å². The average Bonchev–Trinajstić information content (AvgIpc) is 2.45. The smallest absolute Gasteiger partial charge is 0.267 e. The van der Waals surface area contributed by atoms with E-state index in [2.05, 4.69) is 5.48 Å². The zero-order chi connectivity index (χ0) is 12.6. The van der Waals surface area contributed by atoms with Gasteiger partial charge in [-0.2, -0.15) is 0 Å². The Bertz CT molecular complexity index is 397. The van der Waals surface area contributed by atoms with E-state index in [9.17, 15) is 4.79 Å². The van der Waals surface area contributed by atoms with Crippen molar-refractivity contribution in [2.75, 3.05) is 6.61 Å². The summed E-state index contributed by atoms with van der Waals surface area (Å²) in [4.78, 5) is 16.6. The van der Waals surface area contributed by atoms with E-state index in [4.69, 9.17) is 9.57 Å². The molecule has 0 spiro atoms. The van der Waals surface area contributed by atoms with Crippen LogP contribution >= 0.6 is 0 Å². The Hall–Kier alpha value is -1.65. The monoisotopic (exact) mass is 247 g/mol. The van der Waals surface area contributed by atoms with Gasteiger partial charge in [0.2, 0.25) is 0 Å². The highest BCUT2D eigenvalue weighted by molar-refractivity contribution is 5.90. The predicted molar refractivity (Wildman–Crippen MR) is 68.3 cm³/mol. The Balaban J connectivity index is 1.73. The molecule has 2 rings (SSSR count). The van der Waals surface area contributed by atoms with Gasteiger partial charge < -0.3 is 4.74 Å². The molecule has 0 aliphatic carbocycles. The molecule has 4 heteroatoms. The molecule has 0 radical (unpaired) electrons. The van der Waals surface area contributed by atoms with Gasteiger partial charge in [-0.05, 0) is 24.5 Å². The summed E-state index contributed by atoms with van der Waals surface area (Å²) in [6, 6.07) is 9.62. The van der Waals surface area contributed by atoms with Gasteiger partial charge in [0.25, 0.3) is 5.91 Å². The molecule has 1 aliphatic rings. The van der Waals surface area contributed by atoms with Crippen LogP contribution in [0.3, 0.4) is 0 Å². The summed E-state index contributed by atoms with van der Waals surface area (Å²) in [5.41, 5.74) is 3.35. The second-order valence-electron chi connectivity index (χ2n) is 4.12. The molecule has 1 N–H and O–H groups in total. The number of carbonyl (C=O) groups excluding carboxylic acids is 1. The zero-order valence-electron chi connectivity index (χ0n) is 10.2. The number of hydroxylamine groups is 1. The third-order valence-electron chi connectivity index (χ3n) is 2.66. The quantitative estimate of drug-likeness (QED) is 0.656. The third-order valence-corrected chi connectivity index (χ3v) is 2.66. The Morgan fingerprint density at radius 1 is 1.33 bits per heavy atom. The number of hydrogen-bond donors (Lipinski definition) is 1. The van der Waals surface area contributed by atoms with Gasteiger partial charge in [0.1, 0.15) is 0 Å². The fourth-order valence-electron chi connectivity index (χ4n) is 1.70. The molecule has 1 heterocycles. The van der Waals surface area contributed by atoms with Crippen LogP contribution in [0.1, 0.15) is 24.8 Å². The average molecular weight is 247 g/mol. The standard InChI is InChI=1S/C14H17NO3/c16-13(10-9-12-6-2-1-3-7-12)15-18-14-8-4-5-11-17-14/h1-3,6-7,9-10,14H,4-5,8,11H2,(H,15,16)/b10-9-/t14-/m1/s1. The highest BCUT2D eigenvalue weighted by Gasteiger charge is 2.14. The number of nitrogens with one attached hydrogen (secondary N) is 1. The SMILES string of the molecule is O=C(/C=C\c1ccccc1)NO[C@@H]1CCCCO1. The maximum absolute atomic E-state index is 11.5. The van der Waals surface area contributed by atoms with Crippen molar-refractivity contribution in [3.8, 4) is 0 Å². The summed E-state index contributed by atoms with van der Waals surface area (Å²) in [7, 11) is 0. The van der Waals surface area contributed by atoms with Gasteiger partial charge in [-0.3, -0.25) is 4.79 Å². The summed E-state index contributed by atoms with van der Waals surface area (Å²) in [5, 5.41) is 0. The summed E-state index contributed by atoms with van der Waals surface area (Å²) in [5.74, 6) is -0.284. The molecule has 18 heavy (non-hydrogen) atoms. The maximum Gasteiger partial charge on any atom is 0.267 e. The number of amides is 1. The van der Waals surface area contributed by atoms with Gasteiger partial charge in [0.15, 0.2) is 6.29 Å². The minimum absolute atomic E-state index is 0.284. The number of hydrogen-bond acceptors (Lipinski definition) is 3. The van der Waals surface area contributed by atoms with Crippen LogP contribution in [0.4, 0.5) is 0 Å². The van der Waals surface area contributed by atoms with Gasteiger partial charge >= 0.3 is 0 Å². The fourth-order valence-corrected chi connectivity index (χ4v) is 1.70. The Morgan fingerprint density at radius 3 is 2.89 bits per heavy atom. The van der Waals surface area contributed by atoms with Crippen molar-refractivity contribution in [3.63, 3.8) is 0 Å². The molecule has 1 atom stereocenters. The van der Waals surface area contributed by atoms with E-state index < -0.39 is 0 Å². The van der Waals surface area contributed by atoms with Crippen LogP contribution < -0.4 is 5.48 Å². The lowest BCUT2D eigenvalue weighted by Crippen LogP contribution is -2.32. The molecule has 1 amide bonds. The van der Waals surface area contributed by atoms with E-state index in [1.165, 1.54) is 6.08 Å². The Morgan fingerprint density at radius 2 is 2.17 bits per heavy atom. The van der Waals surface area contributed by atoms with Crippen molar-refractivity contribution in [2.45, 2.75) is 25.6 Å². The van der Waals surface area contributed by atoms with Crippen LogP contribution in [0.5, 0.6) is 0 Å². The highest BCUT2D eigenvalue weighted by Crippen LogP contribution is 2.12. The van der Waals surface area contributed by atoms with Gasteiger partial charge in [0, 0.05) is 19.1 Å². The first-order valence-electron chi connectivity index (χ1n) is 6.15.